The zero-order chi connectivity index (χ0) is 19.8. The highest BCUT2D eigenvalue weighted by molar-refractivity contribution is 6.33. The first kappa shape index (κ1) is 18.5. The Bertz CT molecular complexity index is 1130. The van der Waals surface area contributed by atoms with Gasteiger partial charge in [0.25, 0.3) is 11.2 Å². The van der Waals surface area contributed by atoms with Crippen molar-refractivity contribution >= 4 is 34.6 Å². The van der Waals surface area contributed by atoms with Crippen LogP contribution < -0.4 is 10.9 Å². The molecular weight excluding hydrogens is 403 g/mol. The lowest BCUT2D eigenvalue weighted by atomic mass is 10.1. The third kappa shape index (κ3) is 3.34. The highest BCUT2D eigenvalue weighted by atomic mass is 35.5. The molecule has 142 valence electrons. The van der Waals surface area contributed by atoms with E-state index < -0.39 is 10.5 Å². The number of fused-ring (bicyclic) bond motifs is 1. The number of aryl methyl sites for hydroxylation is 1. The fourth-order valence-electron chi connectivity index (χ4n) is 3.36. The van der Waals surface area contributed by atoms with Crippen molar-refractivity contribution in [2.75, 3.05) is 5.32 Å². The zero-order valence-electron chi connectivity index (χ0n) is 14.4. The van der Waals surface area contributed by atoms with Crippen LogP contribution in [0, 0.1) is 10.1 Å². The first-order valence-corrected chi connectivity index (χ1v) is 9.27. The van der Waals surface area contributed by atoms with Gasteiger partial charge in [-0.3, -0.25) is 14.9 Å². The average Bonchev–Trinajstić information content (AvgIpc) is 3.07. The van der Waals surface area contributed by atoms with Gasteiger partial charge in [-0.2, -0.15) is 9.78 Å². The van der Waals surface area contributed by atoms with E-state index in [1.165, 1.54) is 36.0 Å². The van der Waals surface area contributed by atoms with Gasteiger partial charge in [-0.05, 0) is 48.2 Å². The minimum atomic E-state index is -0.507. The number of nitro benzene ring substituents is 1. The molecule has 4 rings (SSSR count). The summed E-state index contributed by atoms with van der Waals surface area (Å²) in [5, 5.41) is 18.9. The van der Waals surface area contributed by atoms with Gasteiger partial charge in [0.1, 0.15) is 5.02 Å². The number of nitrogens with zero attached hydrogens (tertiary/aromatic N) is 3. The number of aromatic nitrogens is 2. The fourth-order valence-corrected chi connectivity index (χ4v) is 3.73. The number of hydrogen-bond acceptors (Lipinski definition) is 5. The van der Waals surface area contributed by atoms with E-state index >= 15 is 0 Å². The lowest BCUT2D eigenvalue weighted by Gasteiger charge is -2.17. The standard InChI is InChI=1S/C19H14Cl2N4O3/c20-12-2-7-15-11(9-12)1-8-16(15)23-17-10-22-24(19(26)18(17)21)13-3-5-14(6-4-13)25(27)28/h2-7,9-10,16,23H,1,8H2. The number of rotatable bonds is 4. The topological polar surface area (TPSA) is 90.1 Å². The minimum Gasteiger partial charge on any atom is -0.376 e. The molecule has 2 aromatic carbocycles. The number of hydrogen-bond donors (Lipinski definition) is 1. The van der Waals surface area contributed by atoms with Gasteiger partial charge in [-0.15, -0.1) is 0 Å². The maximum absolute atomic E-state index is 12.7. The van der Waals surface area contributed by atoms with Crippen LogP contribution in [0.15, 0.2) is 53.5 Å². The van der Waals surface area contributed by atoms with E-state index in [0.717, 1.165) is 23.1 Å². The third-order valence-electron chi connectivity index (χ3n) is 4.74. The lowest BCUT2D eigenvalue weighted by molar-refractivity contribution is -0.384. The van der Waals surface area contributed by atoms with E-state index in [1.54, 1.807) is 0 Å². The monoisotopic (exact) mass is 416 g/mol. The highest BCUT2D eigenvalue weighted by Gasteiger charge is 2.24. The highest BCUT2D eigenvalue weighted by Crippen LogP contribution is 2.36. The molecule has 0 radical (unpaired) electrons. The summed E-state index contributed by atoms with van der Waals surface area (Å²) in [7, 11) is 0. The molecule has 1 aliphatic carbocycles. The van der Waals surface area contributed by atoms with Crippen molar-refractivity contribution < 1.29 is 4.92 Å². The molecule has 1 N–H and O–H groups in total. The number of anilines is 1. The summed E-state index contributed by atoms with van der Waals surface area (Å²) in [4.78, 5) is 22.9. The second-order valence-electron chi connectivity index (χ2n) is 6.44. The van der Waals surface area contributed by atoms with Gasteiger partial charge in [0.15, 0.2) is 0 Å². The Morgan fingerprint density at radius 3 is 2.64 bits per heavy atom. The molecule has 1 unspecified atom stereocenters. The van der Waals surface area contributed by atoms with Crippen molar-refractivity contribution in [3.05, 3.63) is 90.3 Å². The molecule has 0 aliphatic heterocycles. The Morgan fingerprint density at radius 1 is 1.18 bits per heavy atom. The molecule has 1 aliphatic rings. The van der Waals surface area contributed by atoms with Crippen LogP contribution in [0.2, 0.25) is 10.0 Å². The molecule has 1 heterocycles. The largest absolute Gasteiger partial charge is 0.376 e. The molecule has 0 amide bonds. The Hall–Kier alpha value is -2.90. The van der Waals surface area contributed by atoms with Crippen molar-refractivity contribution in [1.82, 2.24) is 9.78 Å². The second kappa shape index (κ2) is 7.26. The van der Waals surface area contributed by atoms with E-state index in [4.69, 9.17) is 23.2 Å². The molecule has 1 atom stereocenters. The molecule has 7 nitrogen and oxygen atoms in total. The molecular formula is C19H14Cl2N4O3. The quantitative estimate of drug-likeness (QED) is 0.497. The van der Waals surface area contributed by atoms with Crippen molar-refractivity contribution in [2.45, 2.75) is 18.9 Å². The molecule has 0 saturated heterocycles. The first-order valence-electron chi connectivity index (χ1n) is 8.51. The predicted octanol–water partition coefficient (Wildman–Crippen LogP) is 4.55. The number of benzene rings is 2. The van der Waals surface area contributed by atoms with Crippen LogP contribution in [0.25, 0.3) is 5.69 Å². The SMILES string of the molecule is O=c1c(Cl)c(NC2CCc3cc(Cl)ccc32)cnn1-c1ccc([N+](=O)[O-])cc1. The summed E-state index contributed by atoms with van der Waals surface area (Å²) in [6, 6.07) is 11.3. The molecule has 3 aromatic rings. The second-order valence-corrected chi connectivity index (χ2v) is 7.26. The number of non-ortho nitro benzene ring substituents is 1. The van der Waals surface area contributed by atoms with E-state index in [2.05, 4.69) is 10.4 Å². The summed E-state index contributed by atoms with van der Waals surface area (Å²) < 4.78 is 1.11. The zero-order valence-corrected chi connectivity index (χ0v) is 15.9. The summed E-state index contributed by atoms with van der Waals surface area (Å²) in [6.07, 6.45) is 3.23. The predicted molar refractivity (Wildman–Crippen MR) is 108 cm³/mol. The Kier molecular flexibility index (Phi) is 4.78. The smallest absolute Gasteiger partial charge is 0.292 e. The first-order chi connectivity index (χ1) is 13.4. The van der Waals surface area contributed by atoms with Crippen LogP contribution in [-0.4, -0.2) is 14.7 Å². The Balaban J connectivity index is 1.62. The third-order valence-corrected chi connectivity index (χ3v) is 5.34. The van der Waals surface area contributed by atoms with Gasteiger partial charge in [0.2, 0.25) is 0 Å². The van der Waals surface area contributed by atoms with Gasteiger partial charge >= 0.3 is 0 Å². The van der Waals surface area contributed by atoms with Crippen LogP contribution in [0.3, 0.4) is 0 Å². The number of nitrogens with one attached hydrogen (secondary N) is 1. The van der Waals surface area contributed by atoms with Crippen LogP contribution in [-0.2, 0) is 6.42 Å². The molecule has 0 fully saturated rings. The van der Waals surface area contributed by atoms with Crippen LogP contribution in [0.4, 0.5) is 11.4 Å². The maximum Gasteiger partial charge on any atom is 0.292 e. The normalized spacial score (nSPS) is 15.3. The van der Waals surface area contributed by atoms with E-state index in [1.807, 2.05) is 18.2 Å². The van der Waals surface area contributed by atoms with Gasteiger partial charge in [0.05, 0.1) is 28.5 Å². The van der Waals surface area contributed by atoms with Crippen LogP contribution in [0.1, 0.15) is 23.6 Å². The molecule has 1 aromatic heterocycles. The Morgan fingerprint density at radius 2 is 1.93 bits per heavy atom. The minimum absolute atomic E-state index is 0.00997. The summed E-state index contributed by atoms with van der Waals surface area (Å²) in [5.74, 6) is 0. The van der Waals surface area contributed by atoms with E-state index in [0.29, 0.717) is 16.4 Å². The average molecular weight is 417 g/mol. The van der Waals surface area contributed by atoms with Crippen molar-refractivity contribution in [3.8, 4) is 5.69 Å². The fraction of sp³-hybridized carbons (Fsp3) is 0.158. The lowest BCUT2D eigenvalue weighted by Crippen LogP contribution is -2.23. The molecule has 9 heteroatoms. The molecule has 0 saturated carbocycles. The summed E-state index contributed by atoms with van der Waals surface area (Å²) >= 11 is 12.3. The maximum atomic E-state index is 12.7. The Labute approximate surface area is 169 Å². The van der Waals surface area contributed by atoms with Crippen LogP contribution in [0.5, 0.6) is 0 Å². The molecule has 28 heavy (non-hydrogen) atoms. The molecule has 0 bridgehead atoms. The number of halogens is 2. The van der Waals surface area contributed by atoms with Gasteiger partial charge in [-0.25, -0.2) is 0 Å². The van der Waals surface area contributed by atoms with Crippen molar-refractivity contribution in [3.63, 3.8) is 0 Å². The summed E-state index contributed by atoms with van der Waals surface area (Å²) in [5.41, 5.74) is 2.56. The number of nitro groups is 1. The van der Waals surface area contributed by atoms with Crippen LogP contribution >= 0.6 is 23.2 Å². The van der Waals surface area contributed by atoms with Gasteiger partial charge in [0, 0.05) is 17.2 Å². The van der Waals surface area contributed by atoms with Gasteiger partial charge < -0.3 is 5.32 Å². The van der Waals surface area contributed by atoms with Gasteiger partial charge in [-0.1, -0.05) is 29.3 Å². The molecule has 0 spiro atoms. The van der Waals surface area contributed by atoms with Crippen molar-refractivity contribution in [1.29, 1.82) is 0 Å². The van der Waals surface area contributed by atoms with E-state index in [-0.39, 0.29) is 16.8 Å². The van der Waals surface area contributed by atoms with E-state index in [9.17, 15) is 14.9 Å². The summed E-state index contributed by atoms with van der Waals surface area (Å²) in [6.45, 7) is 0. The van der Waals surface area contributed by atoms with Crippen molar-refractivity contribution in [2.24, 2.45) is 0 Å².